The summed E-state index contributed by atoms with van der Waals surface area (Å²) in [6, 6.07) is 6.38. The standard InChI is InChI=1S/C9H13NO3S.K.H/c10-7-3-5-8-4-1-2-6-9(8)14(11,12)13;;/h1-2,4,6H,3,5,7,10H2,(H,11,12,13);;/q;+1;-1. The number of rotatable bonds is 4. The molecule has 3 N–H and O–H groups in total. The Labute approximate surface area is 134 Å². The molecular weight excluding hydrogens is 241 g/mol. The van der Waals surface area contributed by atoms with Gasteiger partial charge in [0.2, 0.25) is 0 Å². The van der Waals surface area contributed by atoms with Crippen LogP contribution in [-0.4, -0.2) is 19.5 Å². The molecule has 0 aliphatic rings. The van der Waals surface area contributed by atoms with E-state index in [1.807, 2.05) is 0 Å². The summed E-state index contributed by atoms with van der Waals surface area (Å²) < 4.78 is 30.8. The Morgan fingerprint density at radius 3 is 2.47 bits per heavy atom. The second-order valence-electron chi connectivity index (χ2n) is 2.98. The van der Waals surface area contributed by atoms with Crippen LogP contribution in [-0.2, 0) is 16.5 Å². The van der Waals surface area contributed by atoms with Gasteiger partial charge in [0.25, 0.3) is 10.1 Å². The van der Waals surface area contributed by atoms with E-state index in [2.05, 4.69) is 0 Å². The van der Waals surface area contributed by atoms with Gasteiger partial charge in [-0.3, -0.25) is 4.55 Å². The van der Waals surface area contributed by atoms with Gasteiger partial charge in [-0.25, -0.2) is 0 Å². The van der Waals surface area contributed by atoms with E-state index in [-0.39, 0.29) is 57.7 Å². The zero-order chi connectivity index (χ0) is 10.6. The fraction of sp³-hybridized carbons (Fsp3) is 0.333. The van der Waals surface area contributed by atoms with Gasteiger partial charge in [0.1, 0.15) is 0 Å². The predicted molar refractivity (Wildman–Crippen MR) is 54.7 cm³/mol. The topological polar surface area (TPSA) is 80.4 Å². The molecule has 1 rings (SSSR count). The summed E-state index contributed by atoms with van der Waals surface area (Å²) in [5, 5.41) is 0. The molecule has 0 unspecified atom stereocenters. The molecule has 0 aliphatic heterocycles. The predicted octanol–water partition coefficient (Wildman–Crippen LogP) is -2.06. The first-order valence-electron chi connectivity index (χ1n) is 4.31. The molecule has 0 atom stereocenters. The number of nitrogens with two attached hydrogens (primary N) is 1. The zero-order valence-electron chi connectivity index (χ0n) is 9.68. The summed E-state index contributed by atoms with van der Waals surface area (Å²) in [7, 11) is -4.10. The molecule has 1 aromatic rings. The van der Waals surface area contributed by atoms with Crippen molar-refractivity contribution in [2.24, 2.45) is 5.73 Å². The van der Waals surface area contributed by atoms with Crippen LogP contribution in [0.15, 0.2) is 29.2 Å². The maximum atomic E-state index is 10.9. The molecule has 6 heteroatoms. The third-order valence-electron chi connectivity index (χ3n) is 1.90. The first-order chi connectivity index (χ1) is 6.55. The Balaban J connectivity index is 0. The average molecular weight is 255 g/mol. The summed E-state index contributed by atoms with van der Waals surface area (Å²) in [6.07, 6.45) is 1.26. The number of hydrogen-bond donors (Lipinski definition) is 2. The Morgan fingerprint density at radius 1 is 1.33 bits per heavy atom. The van der Waals surface area contributed by atoms with Crippen molar-refractivity contribution in [3.8, 4) is 0 Å². The molecule has 0 amide bonds. The van der Waals surface area contributed by atoms with Crippen LogP contribution in [0.1, 0.15) is 13.4 Å². The SMILES string of the molecule is NCCCc1ccccc1S(=O)(=O)O.[H-].[K+]. The molecule has 80 valence electrons. The fourth-order valence-corrected chi connectivity index (χ4v) is 2.01. The van der Waals surface area contributed by atoms with Gasteiger partial charge >= 0.3 is 51.4 Å². The van der Waals surface area contributed by atoms with Crippen LogP contribution in [0.25, 0.3) is 0 Å². The molecule has 0 bridgehead atoms. The third-order valence-corrected chi connectivity index (χ3v) is 2.85. The van der Waals surface area contributed by atoms with Gasteiger partial charge in [-0.1, -0.05) is 18.2 Å². The molecule has 0 heterocycles. The molecule has 4 nitrogen and oxygen atoms in total. The maximum absolute atomic E-state index is 10.9. The van der Waals surface area contributed by atoms with Crippen molar-refractivity contribution in [3.05, 3.63) is 29.8 Å². The average Bonchev–Trinajstić information content (AvgIpc) is 2.14. The van der Waals surface area contributed by atoms with E-state index in [0.29, 0.717) is 24.9 Å². The number of benzene rings is 1. The van der Waals surface area contributed by atoms with E-state index >= 15 is 0 Å². The minimum atomic E-state index is -4.10. The Kier molecular flexibility index (Phi) is 7.48. The second kappa shape index (κ2) is 7.13. The van der Waals surface area contributed by atoms with Gasteiger partial charge in [-0.2, -0.15) is 8.42 Å². The van der Waals surface area contributed by atoms with Crippen LogP contribution in [0.5, 0.6) is 0 Å². The summed E-state index contributed by atoms with van der Waals surface area (Å²) in [5.41, 5.74) is 5.94. The van der Waals surface area contributed by atoms with Crippen molar-refractivity contribution < 1.29 is 65.8 Å². The smallest absolute Gasteiger partial charge is 1.00 e. The first kappa shape index (κ1) is 15.7. The van der Waals surface area contributed by atoms with E-state index in [9.17, 15) is 8.42 Å². The summed E-state index contributed by atoms with van der Waals surface area (Å²) >= 11 is 0. The van der Waals surface area contributed by atoms with Crippen LogP contribution >= 0.6 is 0 Å². The van der Waals surface area contributed by atoms with Gasteiger partial charge in [0.15, 0.2) is 0 Å². The Hall–Kier alpha value is 0.726. The molecule has 0 aliphatic carbocycles. The summed E-state index contributed by atoms with van der Waals surface area (Å²) in [6.45, 7) is 0.500. The molecule has 0 saturated carbocycles. The van der Waals surface area contributed by atoms with E-state index < -0.39 is 10.1 Å². The normalized spacial score (nSPS) is 10.8. The van der Waals surface area contributed by atoms with Gasteiger partial charge in [0, 0.05) is 0 Å². The van der Waals surface area contributed by atoms with Gasteiger partial charge in [-0.15, -0.1) is 0 Å². The third kappa shape index (κ3) is 5.05. The minimum Gasteiger partial charge on any atom is -1.00 e. The minimum absolute atomic E-state index is 0. The van der Waals surface area contributed by atoms with Crippen LogP contribution in [0.2, 0.25) is 0 Å². The van der Waals surface area contributed by atoms with Crippen molar-refractivity contribution in [2.75, 3.05) is 6.54 Å². The van der Waals surface area contributed by atoms with Crippen LogP contribution in [0, 0.1) is 0 Å². The molecule has 0 spiro atoms. The van der Waals surface area contributed by atoms with E-state index in [0.717, 1.165) is 0 Å². The van der Waals surface area contributed by atoms with Gasteiger partial charge in [-0.05, 0) is 31.0 Å². The van der Waals surface area contributed by atoms with Crippen LogP contribution < -0.4 is 57.1 Å². The molecule has 1 aromatic carbocycles. The molecule has 0 fully saturated rings. The number of hydrogen-bond acceptors (Lipinski definition) is 3. The van der Waals surface area contributed by atoms with Gasteiger partial charge in [0.05, 0.1) is 4.90 Å². The van der Waals surface area contributed by atoms with Crippen molar-refractivity contribution in [1.82, 2.24) is 0 Å². The zero-order valence-corrected chi connectivity index (χ0v) is 12.6. The van der Waals surface area contributed by atoms with Crippen LogP contribution in [0.4, 0.5) is 0 Å². The molecule has 15 heavy (non-hydrogen) atoms. The fourth-order valence-electron chi connectivity index (χ4n) is 1.25. The van der Waals surface area contributed by atoms with Crippen LogP contribution in [0.3, 0.4) is 0 Å². The summed E-state index contributed by atoms with van der Waals surface area (Å²) in [5.74, 6) is 0. The molecule has 0 radical (unpaired) electrons. The number of aryl methyl sites for hydroxylation is 1. The van der Waals surface area contributed by atoms with Crippen molar-refractivity contribution in [3.63, 3.8) is 0 Å². The van der Waals surface area contributed by atoms with Crippen molar-refractivity contribution in [1.29, 1.82) is 0 Å². The summed E-state index contributed by atoms with van der Waals surface area (Å²) in [4.78, 5) is -0.0200. The van der Waals surface area contributed by atoms with E-state index in [1.54, 1.807) is 18.2 Å². The second-order valence-corrected chi connectivity index (χ2v) is 4.36. The molecule has 0 aromatic heterocycles. The Bertz CT molecular complexity index is 411. The largest absolute Gasteiger partial charge is 1.00 e. The quantitative estimate of drug-likeness (QED) is 0.479. The molecular formula is C9H14KNO3S. The molecule has 0 saturated heterocycles. The first-order valence-corrected chi connectivity index (χ1v) is 5.75. The van der Waals surface area contributed by atoms with E-state index in [4.69, 9.17) is 10.3 Å². The maximum Gasteiger partial charge on any atom is 1.00 e. The van der Waals surface area contributed by atoms with Crippen molar-refractivity contribution in [2.45, 2.75) is 17.7 Å². The van der Waals surface area contributed by atoms with Crippen molar-refractivity contribution >= 4 is 10.1 Å². The van der Waals surface area contributed by atoms with E-state index in [1.165, 1.54) is 6.07 Å². The van der Waals surface area contributed by atoms with Gasteiger partial charge < -0.3 is 7.16 Å². The Morgan fingerprint density at radius 2 is 1.93 bits per heavy atom. The monoisotopic (exact) mass is 255 g/mol.